The third kappa shape index (κ3) is 6.68. The molecule has 0 aliphatic carbocycles. The summed E-state index contributed by atoms with van der Waals surface area (Å²) in [6.07, 6.45) is 1.57. The SMILES string of the molecule is CC(=CC1(C)COCCOCCOCCO1)C(=O)O. The van der Waals surface area contributed by atoms with Crippen LogP contribution in [0, 0.1) is 0 Å². The highest BCUT2D eigenvalue weighted by atomic mass is 16.6. The van der Waals surface area contributed by atoms with E-state index in [9.17, 15) is 4.79 Å². The van der Waals surface area contributed by atoms with Gasteiger partial charge >= 0.3 is 5.97 Å². The first kappa shape index (κ1) is 16.1. The second-order valence-electron chi connectivity index (χ2n) is 4.57. The summed E-state index contributed by atoms with van der Waals surface area (Å²) in [6, 6.07) is 0. The lowest BCUT2D eigenvalue weighted by Gasteiger charge is -2.27. The zero-order valence-corrected chi connectivity index (χ0v) is 11.5. The molecule has 6 heteroatoms. The lowest BCUT2D eigenvalue weighted by atomic mass is 10.0. The quantitative estimate of drug-likeness (QED) is 0.753. The first-order valence-corrected chi connectivity index (χ1v) is 6.33. The van der Waals surface area contributed by atoms with Gasteiger partial charge in [0, 0.05) is 5.57 Å². The molecular weight excluding hydrogens is 252 g/mol. The molecule has 0 aromatic carbocycles. The fourth-order valence-corrected chi connectivity index (χ4v) is 1.69. The van der Waals surface area contributed by atoms with E-state index in [0.29, 0.717) is 39.6 Å². The summed E-state index contributed by atoms with van der Waals surface area (Å²) in [6.45, 7) is 6.42. The first-order chi connectivity index (χ1) is 9.03. The van der Waals surface area contributed by atoms with Gasteiger partial charge in [0.25, 0.3) is 0 Å². The molecular formula is C13H22O6. The monoisotopic (exact) mass is 274 g/mol. The van der Waals surface area contributed by atoms with Gasteiger partial charge in [0.1, 0.15) is 5.60 Å². The van der Waals surface area contributed by atoms with Crippen molar-refractivity contribution in [3.63, 3.8) is 0 Å². The molecule has 19 heavy (non-hydrogen) atoms. The van der Waals surface area contributed by atoms with Gasteiger partial charge in [-0.1, -0.05) is 0 Å². The largest absolute Gasteiger partial charge is 0.478 e. The molecule has 0 saturated carbocycles. The van der Waals surface area contributed by atoms with Crippen molar-refractivity contribution in [3.05, 3.63) is 11.6 Å². The fourth-order valence-electron chi connectivity index (χ4n) is 1.69. The lowest BCUT2D eigenvalue weighted by Crippen LogP contribution is -2.35. The van der Waals surface area contributed by atoms with E-state index in [1.54, 1.807) is 13.0 Å². The van der Waals surface area contributed by atoms with Crippen LogP contribution in [0.4, 0.5) is 0 Å². The van der Waals surface area contributed by atoms with E-state index < -0.39 is 11.6 Å². The fraction of sp³-hybridized carbons (Fsp3) is 0.769. The summed E-state index contributed by atoms with van der Waals surface area (Å²) in [5.41, 5.74) is -0.541. The Kier molecular flexibility index (Phi) is 7.01. The maximum Gasteiger partial charge on any atom is 0.331 e. The summed E-state index contributed by atoms with van der Waals surface area (Å²) in [5.74, 6) is -0.962. The van der Waals surface area contributed by atoms with Gasteiger partial charge < -0.3 is 24.1 Å². The lowest BCUT2D eigenvalue weighted by molar-refractivity contribution is -0.133. The van der Waals surface area contributed by atoms with Crippen LogP contribution in [0.3, 0.4) is 0 Å². The molecule has 1 atom stereocenters. The Morgan fingerprint density at radius 1 is 1.05 bits per heavy atom. The van der Waals surface area contributed by atoms with Crippen LogP contribution in [0.25, 0.3) is 0 Å². The Balaban J connectivity index is 2.63. The van der Waals surface area contributed by atoms with Crippen LogP contribution in [0.5, 0.6) is 0 Å². The molecule has 0 amide bonds. The van der Waals surface area contributed by atoms with E-state index in [1.807, 2.05) is 0 Å². The van der Waals surface area contributed by atoms with Crippen molar-refractivity contribution in [3.8, 4) is 0 Å². The molecule has 110 valence electrons. The van der Waals surface area contributed by atoms with E-state index in [2.05, 4.69) is 0 Å². The first-order valence-electron chi connectivity index (χ1n) is 6.33. The maximum absolute atomic E-state index is 10.9. The molecule has 1 aliphatic heterocycles. The van der Waals surface area contributed by atoms with Crippen molar-refractivity contribution < 1.29 is 28.8 Å². The van der Waals surface area contributed by atoms with Crippen molar-refractivity contribution in [2.75, 3.05) is 46.2 Å². The third-order valence-corrected chi connectivity index (χ3v) is 2.65. The number of carbonyl (C=O) groups is 1. The molecule has 1 unspecified atom stereocenters. The average Bonchev–Trinajstić information content (AvgIpc) is 2.34. The second-order valence-corrected chi connectivity index (χ2v) is 4.57. The highest BCUT2D eigenvalue weighted by molar-refractivity contribution is 5.86. The smallest absolute Gasteiger partial charge is 0.331 e. The van der Waals surface area contributed by atoms with Crippen LogP contribution < -0.4 is 0 Å². The molecule has 1 rings (SSSR count). The second kappa shape index (κ2) is 8.27. The summed E-state index contributed by atoms with van der Waals surface area (Å²) < 4.78 is 21.8. The molecule has 6 nitrogen and oxygen atoms in total. The van der Waals surface area contributed by atoms with Gasteiger partial charge in [-0.05, 0) is 19.9 Å². The zero-order chi connectivity index (χ0) is 14.1. The number of hydrogen-bond donors (Lipinski definition) is 1. The molecule has 0 aromatic heterocycles. The standard InChI is InChI=1S/C13H22O6/c1-11(12(14)15)9-13(2)10-18-6-5-16-3-4-17-7-8-19-13/h9H,3-8,10H2,1-2H3,(H,14,15). The van der Waals surface area contributed by atoms with Gasteiger partial charge in [-0.2, -0.15) is 0 Å². The highest BCUT2D eigenvalue weighted by Crippen LogP contribution is 2.16. The number of carboxylic acids is 1. The molecule has 1 heterocycles. The molecule has 1 saturated heterocycles. The topological polar surface area (TPSA) is 74.2 Å². The predicted octanol–water partition coefficient (Wildman–Crippen LogP) is 0.856. The summed E-state index contributed by atoms with van der Waals surface area (Å²) in [7, 11) is 0. The minimum atomic E-state index is -0.962. The van der Waals surface area contributed by atoms with Gasteiger partial charge in [-0.25, -0.2) is 4.79 Å². The average molecular weight is 274 g/mol. The normalized spacial score (nSPS) is 28.2. The zero-order valence-electron chi connectivity index (χ0n) is 11.5. The Hall–Kier alpha value is -0.950. The maximum atomic E-state index is 10.9. The van der Waals surface area contributed by atoms with E-state index in [4.69, 9.17) is 24.1 Å². The molecule has 1 aliphatic rings. The van der Waals surface area contributed by atoms with Gasteiger partial charge in [-0.3, -0.25) is 0 Å². The van der Waals surface area contributed by atoms with Crippen molar-refractivity contribution in [1.82, 2.24) is 0 Å². The van der Waals surface area contributed by atoms with Gasteiger partial charge in [-0.15, -0.1) is 0 Å². The van der Waals surface area contributed by atoms with Crippen molar-refractivity contribution in [1.29, 1.82) is 0 Å². The summed E-state index contributed by atoms with van der Waals surface area (Å²) in [4.78, 5) is 10.9. The number of hydrogen-bond acceptors (Lipinski definition) is 5. The minimum Gasteiger partial charge on any atom is -0.478 e. The van der Waals surface area contributed by atoms with Crippen LogP contribution in [-0.4, -0.2) is 62.9 Å². The van der Waals surface area contributed by atoms with E-state index in [0.717, 1.165) is 0 Å². The van der Waals surface area contributed by atoms with Crippen molar-refractivity contribution in [2.45, 2.75) is 19.4 Å². The van der Waals surface area contributed by atoms with Crippen molar-refractivity contribution >= 4 is 5.97 Å². The molecule has 1 fully saturated rings. The summed E-state index contributed by atoms with van der Waals surface area (Å²) in [5, 5.41) is 8.93. The third-order valence-electron chi connectivity index (χ3n) is 2.65. The van der Waals surface area contributed by atoms with Gasteiger partial charge in [0.05, 0.1) is 46.2 Å². The Morgan fingerprint density at radius 2 is 1.58 bits per heavy atom. The van der Waals surface area contributed by atoms with Crippen LogP contribution >= 0.6 is 0 Å². The summed E-state index contributed by atoms with van der Waals surface area (Å²) >= 11 is 0. The molecule has 0 spiro atoms. The minimum absolute atomic E-state index is 0.232. The van der Waals surface area contributed by atoms with Crippen molar-refractivity contribution in [2.24, 2.45) is 0 Å². The Bertz CT molecular complexity index is 300. The molecule has 0 radical (unpaired) electrons. The van der Waals surface area contributed by atoms with E-state index >= 15 is 0 Å². The predicted molar refractivity (Wildman–Crippen MR) is 68.2 cm³/mol. The van der Waals surface area contributed by atoms with E-state index in [1.165, 1.54) is 6.92 Å². The Labute approximate surface area is 113 Å². The highest BCUT2D eigenvalue weighted by Gasteiger charge is 2.24. The number of rotatable bonds is 2. The number of ether oxygens (including phenoxy) is 4. The van der Waals surface area contributed by atoms with E-state index in [-0.39, 0.29) is 12.2 Å². The van der Waals surface area contributed by atoms with Gasteiger partial charge in [0.15, 0.2) is 0 Å². The number of carboxylic acid groups (broad SMARTS) is 1. The van der Waals surface area contributed by atoms with Crippen LogP contribution in [0.2, 0.25) is 0 Å². The van der Waals surface area contributed by atoms with Crippen LogP contribution in [0.15, 0.2) is 11.6 Å². The van der Waals surface area contributed by atoms with Crippen LogP contribution in [0.1, 0.15) is 13.8 Å². The number of aliphatic carboxylic acids is 1. The van der Waals surface area contributed by atoms with Crippen LogP contribution in [-0.2, 0) is 23.7 Å². The van der Waals surface area contributed by atoms with Gasteiger partial charge in [0.2, 0.25) is 0 Å². The Morgan fingerprint density at radius 3 is 2.16 bits per heavy atom. The molecule has 0 bridgehead atoms. The molecule has 0 aromatic rings. The molecule has 1 N–H and O–H groups in total.